The summed E-state index contributed by atoms with van der Waals surface area (Å²) in [5.41, 5.74) is 0. The lowest BCUT2D eigenvalue weighted by Gasteiger charge is -2.36. The molecule has 15 heavy (non-hydrogen) atoms. The van der Waals surface area contributed by atoms with Gasteiger partial charge in [0.2, 0.25) is 0 Å². The van der Waals surface area contributed by atoms with E-state index in [0.717, 1.165) is 18.4 Å². The zero-order valence-electron chi connectivity index (χ0n) is 10.8. The van der Waals surface area contributed by atoms with E-state index in [-0.39, 0.29) is 0 Å². The Labute approximate surface area is 105 Å². The Morgan fingerprint density at radius 2 is 1.93 bits per heavy atom. The molecule has 0 N–H and O–H groups in total. The Kier molecular flexibility index (Phi) is 6.38. The van der Waals surface area contributed by atoms with Gasteiger partial charge in [-0.2, -0.15) is 0 Å². The molecule has 0 saturated heterocycles. The van der Waals surface area contributed by atoms with Crippen molar-refractivity contribution in [2.45, 2.75) is 45.3 Å². The molecule has 0 aromatic carbocycles. The number of hydrogen-bond acceptors (Lipinski definition) is 1. The van der Waals surface area contributed by atoms with E-state index < -0.39 is 8.32 Å². The predicted molar refractivity (Wildman–Crippen MR) is 75.2 cm³/mol. The van der Waals surface area contributed by atoms with E-state index in [4.69, 9.17) is 4.43 Å². The van der Waals surface area contributed by atoms with Crippen molar-refractivity contribution in [2.24, 2.45) is 5.92 Å². The average Bonchev–Trinajstić information content (AvgIpc) is 2.10. The molecule has 0 radical (unpaired) electrons. The summed E-state index contributed by atoms with van der Waals surface area (Å²) in [5.74, 6) is 0.537. The number of alkyl halides is 1. The van der Waals surface area contributed by atoms with Gasteiger partial charge in [0.05, 0.1) is 0 Å². The highest BCUT2D eigenvalue weighted by Gasteiger charge is 2.36. The number of hydrogen-bond donors (Lipinski definition) is 0. The van der Waals surface area contributed by atoms with E-state index >= 15 is 0 Å². The van der Waals surface area contributed by atoms with Crippen molar-refractivity contribution >= 4 is 24.2 Å². The third-order valence-electron chi connectivity index (χ3n) is 3.29. The molecule has 1 nitrogen and oxygen atoms in total. The lowest BCUT2D eigenvalue weighted by molar-refractivity contribution is 0.271. The molecule has 0 bridgehead atoms. The van der Waals surface area contributed by atoms with Gasteiger partial charge in [-0.1, -0.05) is 42.8 Å². The van der Waals surface area contributed by atoms with E-state index in [9.17, 15) is 0 Å². The normalized spacial score (nSPS) is 15.1. The fourth-order valence-corrected chi connectivity index (χ4v) is 2.59. The lowest BCUT2D eigenvalue weighted by atomic mass is 10.1. The minimum atomic E-state index is -1.55. The Balaban J connectivity index is 4.00. The smallest absolute Gasteiger partial charge is 0.191 e. The van der Waals surface area contributed by atoms with Crippen LogP contribution in [-0.2, 0) is 4.43 Å². The van der Waals surface area contributed by atoms with Crippen LogP contribution < -0.4 is 0 Å². The third kappa shape index (κ3) is 5.32. The maximum atomic E-state index is 6.10. The van der Waals surface area contributed by atoms with Crippen molar-refractivity contribution in [1.82, 2.24) is 0 Å². The van der Waals surface area contributed by atoms with Crippen LogP contribution in [0.5, 0.6) is 0 Å². The van der Waals surface area contributed by atoms with Crippen molar-refractivity contribution in [3.63, 3.8) is 0 Å². The average molecular weight is 293 g/mol. The third-order valence-corrected chi connectivity index (χ3v) is 8.66. The molecule has 0 rings (SSSR count). The van der Waals surface area contributed by atoms with Gasteiger partial charge < -0.3 is 4.43 Å². The van der Waals surface area contributed by atoms with Gasteiger partial charge in [-0.15, -0.1) is 6.58 Å². The predicted octanol–water partition coefficient (Wildman–Crippen LogP) is 4.60. The second-order valence-electron chi connectivity index (χ2n) is 5.55. The van der Waals surface area contributed by atoms with Crippen LogP contribution in [0.3, 0.4) is 0 Å². The molecule has 1 atom stereocenters. The van der Waals surface area contributed by atoms with Crippen LogP contribution in [0.15, 0.2) is 12.7 Å². The highest BCUT2D eigenvalue weighted by Crippen LogP contribution is 2.36. The monoisotopic (exact) mass is 292 g/mol. The second-order valence-corrected chi connectivity index (χ2v) is 11.0. The first kappa shape index (κ1) is 15.4. The van der Waals surface area contributed by atoms with E-state index in [1.165, 1.54) is 0 Å². The molecule has 0 spiro atoms. The molecule has 3 heteroatoms. The van der Waals surface area contributed by atoms with Crippen LogP contribution in [0.1, 0.15) is 27.2 Å². The van der Waals surface area contributed by atoms with Gasteiger partial charge in [0, 0.05) is 11.9 Å². The van der Waals surface area contributed by atoms with Gasteiger partial charge in [-0.25, -0.2) is 0 Å². The Bertz CT molecular complexity index is 196. The molecule has 0 aliphatic carbocycles. The van der Waals surface area contributed by atoms with Crippen LogP contribution in [0.4, 0.5) is 0 Å². The van der Waals surface area contributed by atoms with Crippen LogP contribution >= 0.6 is 15.9 Å². The minimum absolute atomic E-state index is 0.311. The van der Waals surface area contributed by atoms with Gasteiger partial charge in [0.1, 0.15) is 0 Å². The summed E-state index contributed by atoms with van der Waals surface area (Å²) in [6.45, 7) is 16.1. The summed E-state index contributed by atoms with van der Waals surface area (Å²) < 4.78 is 6.10. The molecule has 0 aliphatic heterocycles. The summed E-state index contributed by atoms with van der Waals surface area (Å²) >= 11 is 3.48. The highest BCUT2D eigenvalue weighted by molar-refractivity contribution is 9.09. The first-order chi connectivity index (χ1) is 6.74. The maximum absolute atomic E-state index is 6.10. The van der Waals surface area contributed by atoms with Crippen LogP contribution in [0.2, 0.25) is 18.1 Å². The van der Waals surface area contributed by atoms with Gasteiger partial charge in [0.25, 0.3) is 0 Å². The van der Waals surface area contributed by atoms with Crippen LogP contribution in [-0.4, -0.2) is 20.3 Å². The van der Waals surface area contributed by atoms with Gasteiger partial charge in [0.15, 0.2) is 8.32 Å². The molecule has 0 aliphatic rings. The lowest BCUT2D eigenvalue weighted by Crippen LogP contribution is -2.41. The van der Waals surface area contributed by atoms with Gasteiger partial charge in [-0.3, -0.25) is 0 Å². The first-order valence-electron chi connectivity index (χ1n) is 5.57. The van der Waals surface area contributed by atoms with Crippen molar-refractivity contribution in [3.05, 3.63) is 12.7 Å². The standard InChI is InChI=1S/C12H25BrOSi/c1-7-11(10-13)8-9-14-15(5,6)12(2,3)4/h7,11H,1,8-10H2,2-6H3. The molecule has 0 aromatic heterocycles. The van der Waals surface area contributed by atoms with Gasteiger partial charge >= 0.3 is 0 Å². The van der Waals surface area contributed by atoms with Crippen molar-refractivity contribution in [1.29, 1.82) is 0 Å². The summed E-state index contributed by atoms with van der Waals surface area (Å²) in [4.78, 5) is 0. The van der Waals surface area contributed by atoms with Crippen LogP contribution in [0, 0.1) is 5.92 Å². The van der Waals surface area contributed by atoms with Crippen molar-refractivity contribution < 1.29 is 4.43 Å². The summed E-state index contributed by atoms with van der Waals surface area (Å²) in [7, 11) is -1.55. The van der Waals surface area contributed by atoms with E-state index in [0.29, 0.717) is 11.0 Å². The largest absolute Gasteiger partial charge is 0.417 e. The topological polar surface area (TPSA) is 9.23 Å². The molecule has 90 valence electrons. The molecule has 0 fully saturated rings. The zero-order valence-corrected chi connectivity index (χ0v) is 13.4. The molecule has 0 amide bonds. The zero-order chi connectivity index (χ0) is 12.1. The summed E-state index contributed by atoms with van der Waals surface area (Å²) in [6.07, 6.45) is 3.07. The molecule has 1 unspecified atom stereocenters. The molecule has 0 aromatic rings. The van der Waals surface area contributed by atoms with Gasteiger partial charge in [-0.05, 0) is 30.5 Å². The highest BCUT2D eigenvalue weighted by atomic mass is 79.9. The fraction of sp³-hybridized carbons (Fsp3) is 0.833. The number of allylic oxidation sites excluding steroid dienone is 1. The molecular formula is C12H25BrOSi. The quantitative estimate of drug-likeness (QED) is 0.395. The molecule has 0 heterocycles. The number of rotatable bonds is 6. The van der Waals surface area contributed by atoms with E-state index in [1.54, 1.807) is 0 Å². The van der Waals surface area contributed by atoms with E-state index in [2.05, 4.69) is 56.4 Å². The minimum Gasteiger partial charge on any atom is -0.417 e. The second kappa shape index (κ2) is 6.21. The molecular weight excluding hydrogens is 268 g/mol. The van der Waals surface area contributed by atoms with Crippen molar-refractivity contribution in [2.75, 3.05) is 11.9 Å². The Morgan fingerprint density at radius 3 is 2.27 bits per heavy atom. The Morgan fingerprint density at radius 1 is 1.40 bits per heavy atom. The maximum Gasteiger partial charge on any atom is 0.191 e. The Hall–Kier alpha value is 0.397. The fourth-order valence-electron chi connectivity index (χ4n) is 0.940. The first-order valence-corrected chi connectivity index (χ1v) is 9.60. The van der Waals surface area contributed by atoms with E-state index in [1.807, 2.05) is 6.08 Å². The van der Waals surface area contributed by atoms with Crippen LogP contribution in [0.25, 0.3) is 0 Å². The SMILES string of the molecule is C=CC(CBr)CCO[Si](C)(C)C(C)(C)C. The van der Waals surface area contributed by atoms with Crippen molar-refractivity contribution in [3.8, 4) is 0 Å². The summed E-state index contributed by atoms with van der Waals surface area (Å²) in [5, 5.41) is 1.29. The number of halogens is 1. The summed E-state index contributed by atoms with van der Waals surface area (Å²) in [6, 6.07) is 0. The molecule has 0 saturated carbocycles.